The van der Waals surface area contributed by atoms with Gasteiger partial charge in [0.05, 0.1) is 0 Å². The summed E-state index contributed by atoms with van der Waals surface area (Å²) in [5, 5.41) is 7.31. The summed E-state index contributed by atoms with van der Waals surface area (Å²) < 4.78 is 14.1. The Kier molecular flexibility index (Phi) is 8.36. The molecule has 1 heterocycles. The molecule has 0 bridgehead atoms. The van der Waals surface area contributed by atoms with Crippen molar-refractivity contribution in [2.45, 2.75) is 51.6 Å². The maximum Gasteiger partial charge on any atom is 0.225 e. The van der Waals surface area contributed by atoms with Gasteiger partial charge in [-0.25, -0.2) is 4.39 Å². The summed E-state index contributed by atoms with van der Waals surface area (Å²) in [5.74, 6) is 0.741. The van der Waals surface area contributed by atoms with Crippen LogP contribution in [0.3, 0.4) is 0 Å². The minimum atomic E-state index is -0.252. The molecular formula is C20H29ClFIN4O. The largest absolute Gasteiger partial charge is 0.353 e. The normalized spacial score (nSPS) is 24.1. The van der Waals surface area contributed by atoms with Crippen molar-refractivity contribution in [1.29, 1.82) is 0 Å². The zero-order valence-corrected chi connectivity index (χ0v) is 19.6. The fraction of sp³-hybridized carbons (Fsp3) is 0.600. The number of hydrogen-bond acceptors (Lipinski definition) is 2. The Balaban J connectivity index is 0.00000280. The van der Waals surface area contributed by atoms with Crippen LogP contribution < -0.4 is 10.6 Å². The standard InChI is InChI=1S/C20H28ClFN4O.HI/c1-4-23-20(24-13-8-9-26(11-13)19(27)12(2)3)25-17-10-14(17)18-15(21)6-5-7-16(18)22;/h5-7,12-14,17H,4,8-11H2,1-3H3,(H2,23,24,25);1H. The van der Waals surface area contributed by atoms with Crippen molar-refractivity contribution in [2.75, 3.05) is 19.6 Å². The maximum atomic E-state index is 14.1. The lowest BCUT2D eigenvalue weighted by atomic mass is 10.1. The Morgan fingerprint density at radius 1 is 1.39 bits per heavy atom. The average Bonchev–Trinajstić information content (AvgIpc) is 3.19. The van der Waals surface area contributed by atoms with Crippen molar-refractivity contribution < 1.29 is 9.18 Å². The molecule has 1 aliphatic heterocycles. The molecule has 3 rings (SSSR count). The van der Waals surface area contributed by atoms with Crippen molar-refractivity contribution in [3.63, 3.8) is 0 Å². The van der Waals surface area contributed by atoms with Gasteiger partial charge in [-0.2, -0.15) is 0 Å². The number of carbonyl (C=O) groups excluding carboxylic acids is 1. The van der Waals surface area contributed by atoms with Crippen LogP contribution in [0.1, 0.15) is 45.1 Å². The monoisotopic (exact) mass is 522 g/mol. The first kappa shape index (κ1) is 23.2. The van der Waals surface area contributed by atoms with Gasteiger partial charge in [0, 0.05) is 54.1 Å². The van der Waals surface area contributed by atoms with Crippen LogP contribution in [-0.2, 0) is 4.79 Å². The topological polar surface area (TPSA) is 56.7 Å². The van der Waals surface area contributed by atoms with Crippen LogP contribution in [0.5, 0.6) is 0 Å². The number of nitrogens with one attached hydrogen (secondary N) is 2. The third-order valence-corrected chi connectivity index (χ3v) is 5.46. The average molecular weight is 523 g/mol. The van der Waals surface area contributed by atoms with E-state index in [-0.39, 0.29) is 59.6 Å². The Hall–Kier alpha value is -1.09. The highest BCUT2D eigenvalue weighted by Crippen LogP contribution is 2.44. The second kappa shape index (κ2) is 10.1. The smallest absolute Gasteiger partial charge is 0.225 e. The molecule has 1 aliphatic carbocycles. The van der Waals surface area contributed by atoms with E-state index in [0.29, 0.717) is 23.7 Å². The zero-order chi connectivity index (χ0) is 19.6. The van der Waals surface area contributed by atoms with E-state index < -0.39 is 0 Å². The summed E-state index contributed by atoms with van der Waals surface area (Å²) in [5.41, 5.74) is 0.585. The van der Waals surface area contributed by atoms with Gasteiger partial charge in [0.2, 0.25) is 5.91 Å². The lowest BCUT2D eigenvalue weighted by molar-refractivity contribution is -0.133. The zero-order valence-electron chi connectivity index (χ0n) is 16.5. The highest BCUT2D eigenvalue weighted by Gasteiger charge is 2.42. The summed E-state index contributed by atoms with van der Waals surface area (Å²) >= 11 is 6.19. The molecule has 1 amide bonds. The first-order valence-electron chi connectivity index (χ1n) is 9.70. The maximum absolute atomic E-state index is 14.1. The van der Waals surface area contributed by atoms with Crippen LogP contribution in [0, 0.1) is 11.7 Å². The SMILES string of the molecule is CCN=C(NC1CCN(C(=O)C(C)C)C1)NC1CC1c1c(F)cccc1Cl.I. The van der Waals surface area contributed by atoms with Crippen molar-refractivity contribution in [2.24, 2.45) is 10.9 Å². The number of benzene rings is 1. The number of nitrogens with zero attached hydrogens (tertiary/aromatic N) is 2. The van der Waals surface area contributed by atoms with Gasteiger partial charge in [0.1, 0.15) is 5.82 Å². The van der Waals surface area contributed by atoms with E-state index in [9.17, 15) is 9.18 Å². The van der Waals surface area contributed by atoms with Crippen LogP contribution in [0.25, 0.3) is 0 Å². The van der Waals surface area contributed by atoms with Gasteiger partial charge in [0.15, 0.2) is 5.96 Å². The first-order chi connectivity index (χ1) is 12.9. The highest BCUT2D eigenvalue weighted by atomic mass is 127. The third-order valence-electron chi connectivity index (χ3n) is 5.13. The molecular weight excluding hydrogens is 494 g/mol. The van der Waals surface area contributed by atoms with Crippen molar-refractivity contribution in [3.8, 4) is 0 Å². The molecule has 3 unspecified atom stereocenters. The second-order valence-corrected chi connectivity index (χ2v) is 8.03. The van der Waals surface area contributed by atoms with E-state index in [0.717, 1.165) is 25.3 Å². The van der Waals surface area contributed by atoms with Crippen LogP contribution in [-0.4, -0.2) is 48.5 Å². The molecule has 1 saturated carbocycles. The fourth-order valence-electron chi connectivity index (χ4n) is 3.64. The lowest BCUT2D eigenvalue weighted by Gasteiger charge is -2.20. The molecule has 156 valence electrons. The van der Waals surface area contributed by atoms with E-state index >= 15 is 0 Å². The van der Waals surface area contributed by atoms with E-state index in [1.54, 1.807) is 12.1 Å². The molecule has 0 aromatic heterocycles. The molecule has 8 heteroatoms. The number of likely N-dealkylation sites (tertiary alicyclic amines) is 1. The van der Waals surface area contributed by atoms with Crippen LogP contribution in [0.15, 0.2) is 23.2 Å². The quantitative estimate of drug-likeness (QED) is 0.352. The highest BCUT2D eigenvalue weighted by molar-refractivity contribution is 14.0. The predicted octanol–water partition coefficient (Wildman–Crippen LogP) is 3.77. The summed E-state index contributed by atoms with van der Waals surface area (Å²) in [7, 11) is 0. The van der Waals surface area contributed by atoms with Crippen molar-refractivity contribution in [3.05, 3.63) is 34.6 Å². The minimum Gasteiger partial charge on any atom is -0.353 e. The number of hydrogen-bond donors (Lipinski definition) is 2. The van der Waals surface area contributed by atoms with Gasteiger partial charge < -0.3 is 15.5 Å². The number of amides is 1. The summed E-state index contributed by atoms with van der Waals surface area (Å²) in [6, 6.07) is 5.11. The van der Waals surface area contributed by atoms with E-state index in [2.05, 4.69) is 15.6 Å². The fourth-order valence-corrected chi connectivity index (χ4v) is 3.95. The van der Waals surface area contributed by atoms with Crippen LogP contribution >= 0.6 is 35.6 Å². The molecule has 2 aliphatic rings. The number of rotatable bonds is 5. The molecule has 0 radical (unpaired) electrons. The lowest BCUT2D eigenvalue weighted by Crippen LogP contribution is -2.46. The molecule has 0 spiro atoms. The molecule has 1 saturated heterocycles. The number of halogens is 3. The van der Waals surface area contributed by atoms with E-state index in [1.807, 2.05) is 25.7 Å². The summed E-state index contributed by atoms with van der Waals surface area (Å²) in [6.07, 6.45) is 1.73. The number of guanidine groups is 1. The molecule has 2 fully saturated rings. The molecule has 5 nitrogen and oxygen atoms in total. The van der Waals surface area contributed by atoms with Gasteiger partial charge in [0.25, 0.3) is 0 Å². The second-order valence-electron chi connectivity index (χ2n) is 7.62. The van der Waals surface area contributed by atoms with Gasteiger partial charge in [-0.15, -0.1) is 24.0 Å². The Morgan fingerprint density at radius 3 is 2.79 bits per heavy atom. The molecule has 2 N–H and O–H groups in total. The summed E-state index contributed by atoms with van der Waals surface area (Å²) in [6.45, 7) is 7.93. The van der Waals surface area contributed by atoms with E-state index in [4.69, 9.17) is 11.6 Å². The number of aliphatic imine (C=N–C) groups is 1. The predicted molar refractivity (Wildman–Crippen MR) is 122 cm³/mol. The number of carbonyl (C=O) groups is 1. The Labute approximate surface area is 188 Å². The van der Waals surface area contributed by atoms with Crippen LogP contribution in [0.2, 0.25) is 5.02 Å². The van der Waals surface area contributed by atoms with Crippen molar-refractivity contribution in [1.82, 2.24) is 15.5 Å². The Bertz CT molecular complexity index is 710. The van der Waals surface area contributed by atoms with Gasteiger partial charge in [-0.1, -0.05) is 31.5 Å². The van der Waals surface area contributed by atoms with Crippen molar-refractivity contribution >= 4 is 47.4 Å². The summed E-state index contributed by atoms with van der Waals surface area (Å²) in [4.78, 5) is 18.6. The van der Waals surface area contributed by atoms with Gasteiger partial charge in [-0.05, 0) is 31.9 Å². The third kappa shape index (κ3) is 5.49. The molecule has 3 atom stereocenters. The first-order valence-corrected chi connectivity index (χ1v) is 10.1. The Morgan fingerprint density at radius 2 is 2.14 bits per heavy atom. The minimum absolute atomic E-state index is 0. The van der Waals surface area contributed by atoms with Gasteiger partial charge in [-0.3, -0.25) is 9.79 Å². The molecule has 1 aromatic carbocycles. The van der Waals surface area contributed by atoms with E-state index in [1.165, 1.54) is 6.07 Å². The molecule has 1 aromatic rings. The van der Waals surface area contributed by atoms with Crippen LogP contribution in [0.4, 0.5) is 4.39 Å². The van der Waals surface area contributed by atoms with Gasteiger partial charge >= 0.3 is 0 Å². The molecule has 28 heavy (non-hydrogen) atoms.